The lowest BCUT2D eigenvalue weighted by atomic mass is 10.3. The molecule has 0 aromatic heterocycles. The van der Waals surface area contributed by atoms with Crippen molar-refractivity contribution in [3.63, 3.8) is 0 Å². The maximum atomic E-state index is 12.0. The van der Waals surface area contributed by atoms with Crippen LogP contribution in [0.4, 0.5) is 0 Å². The molecule has 0 bridgehead atoms. The Bertz CT molecular complexity index is 369. The summed E-state index contributed by atoms with van der Waals surface area (Å²) < 4.78 is 17.2. The van der Waals surface area contributed by atoms with Gasteiger partial charge in [-0.3, -0.25) is 14.1 Å². The highest BCUT2D eigenvalue weighted by Crippen LogP contribution is 2.10. The van der Waals surface area contributed by atoms with Gasteiger partial charge in [0.25, 0.3) is 0 Å². The summed E-state index contributed by atoms with van der Waals surface area (Å²) in [6.07, 6.45) is 0. The van der Waals surface area contributed by atoms with Crippen LogP contribution in [0.15, 0.2) is 4.99 Å². The number of ether oxygens (including phenoxy) is 1. The van der Waals surface area contributed by atoms with Gasteiger partial charge in [-0.15, -0.1) is 24.0 Å². The highest BCUT2D eigenvalue weighted by atomic mass is 127. The van der Waals surface area contributed by atoms with E-state index >= 15 is 0 Å². The van der Waals surface area contributed by atoms with Crippen LogP contribution < -0.4 is 10.6 Å². The lowest BCUT2D eigenvalue weighted by Crippen LogP contribution is -2.41. The van der Waals surface area contributed by atoms with Crippen LogP contribution in [-0.2, 0) is 15.5 Å². The third kappa shape index (κ3) is 10.5. The molecule has 0 aromatic carbocycles. The summed E-state index contributed by atoms with van der Waals surface area (Å²) in [5.41, 5.74) is 0. The highest BCUT2D eigenvalue weighted by molar-refractivity contribution is 14.0. The third-order valence-electron chi connectivity index (χ3n) is 3.40. The number of hydrogen-bond donors (Lipinski definition) is 2. The van der Waals surface area contributed by atoms with E-state index in [1.54, 1.807) is 0 Å². The molecule has 1 heterocycles. The van der Waals surface area contributed by atoms with Crippen LogP contribution in [0.25, 0.3) is 0 Å². The summed E-state index contributed by atoms with van der Waals surface area (Å²) in [7, 11) is -0.835. The summed E-state index contributed by atoms with van der Waals surface area (Å²) in [5.74, 6) is 1.44. The smallest absolute Gasteiger partial charge is 0.191 e. The molecule has 0 spiro atoms. The Morgan fingerprint density at radius 3 is 2.48 bits per heavy atom. The lowest BCUT2D eigenvalue weighted by molar-refractivity contribution is 0.0394. The van der Waals surface area contributed by atoms with Gasteiger partial charge < -0.3 is 15.4 Å². The molecule has 1 fully saturated rings. The van der Waals surface area contributed by atoms with Crippen molar-refractivity contribution >= 4 is 40.7 Å². The monoisotopic (exact) mass is 460 g/mol. The van der Waals surface area contributed by atoms with Gasteiger partial charge in [0.05, 0.1) is 19.8 Å². The number of morpholine rings is 1. The Morgan fingerprint density at radius 2 is 1.91 bits per heavy atom. The number of aliphatic imine (C=N–C) groups is 1. The van der Waals surface area contributed by atoms with E-state index in [9.17, 15) is 4.21 Å². The number of rotatable bonds is 7. The SMILES string of the molecule is CCNC(=NCCN1CCOCC1)NCCS(=O)C(C)(C)C.I. The van der Waals surface area contributed by atoms with Crippen molar-refractivity contribution in [2.75, 3.05) is 58.2 Å². The average Bonchev–Trinajstić information content (AvgIpc) is 2.47. The van der Waals surface area contributed by atoms with E-state index in [1.165, 1.54) is 0 Å². The normalized spacial score (nSPS) is 18.2. The molecule has 2 N–H and O–H groups in total. The molecular weight excluding hydrogens is 427 g/mol. The van der Waals surface area contributed by atoms with Crippen molar-refractivity contribution in [1.82, 2.24) is 15.5 Å². The summed E-state index contributed by atoms with van der Waals surface area (Å²) >= 11 is 0. The van der Waals surface area contributed by atoms with Crippen LogP contribution in [0.2, 0.25) is 0 Å². The molecule has 0 aliphatic carbocycles. The standard InChI is InChI=1S/C15H32N4O2S.HI/c1-5-16-14(18-7-13-22(20)15(2,3)4)17-6-8-19-9-11-21-12-10-19;/h5-13H2,1-4H3,(H2,16,17,18);1H. The Balaban J connectivity index is 0.00000484. The molecule has 1 aliphatic rings. The zero-order valence-electron chi connectivity index (χ0n) is 14.9. The second-order valence-electron chi connectivity index (χ2n) is 6.30. The molecule has 1 unspecified atom stereocenters. The predicted molar refractivity (Wildman–Crippen MR) is 109 cm³/mol. The molecule has 1 atom stereocenters. The molecule has 1 aliphatic heterocycles. The minimum absolute atomic E-state index is 0. The van der Waals surface area contributed by atoms with Crippen molar-refractivity contribution < 1.29 is 8.95 Å². The Hall–Kier alpha value is 0.0700. The first-order valence-corrected chi connectivity index (χ1v) is 9.46. The van der Waals surface area contributed by atoms with Crippen molar-refractivity contribution in [2.45, 2.75) is 32.4 Å². The van der Waals surface area contributed by atoms with Crippen molar-refractivity contribution in [3.05, 3.63) is 0 Å². The molecule has 138 valence electrons. The Labute approximate surface area is 160 Å². The van der Waals surface area contributed by atoms with E-state index < -0.39 is 10.8 Å². The minimum atomic E-state index is -0.835. The first-order chi connectivity index (χ1) is 10.4. The van der Waals surface area contributed by atoms with E-state index in [0.717, 1.165) is 51.9 Å². The van der Waals surface area contributed by atoms with E-state index in [-0.39, 0.29) is 28.7 Å². The molecule has 0 amide bonds. The lowest BCUT2D eigenvalue weighted by Gasteiger charge is -2.25. The van der Waals surface area contributed by atoms with Crippen LogP contribution in [-0.4, -0.2) is 78.1 Å². The van der Waals surface area contributed by atoms with Crippen LogP contribution in [0.3, 0.4) is 0 Å². The minimum Gasteiger partial charge on any atom is -0.379 e. The van der Waals surface area contributed by atoms with E-state index in [2.05, 4.69) is 20.5 Å². The number of guanidine groups is 1. The van der Waals surface area contributed by atoms with Gasteiger partial charge in [-0.1, -0.05) is 0 Å². The van der Waals surface area contributed by atoms with Crippen LogP contribution in [0, 0.1) is 0 Å². The zero-order valence-corrected chi connectivity index (χ0v) is 18.0. The number of nitrogens with one attached hydrogen (secondary N) is 2. The molecule has 0 saturated carbocycles. The van der Waals surface area contributed by atoms with Gasteiger partial charge in [0.15, 0.2) is 5.96 Å². The maximum absolute atomic E-state index is 12.0. The van der Waals surface area contributed by atoms with Gasteiger partial charge in [-0.2, -0.15) is 0 Å². The van der Waals surface area contributed by atoms with Gasteiger partial charge in [-0.05, 0) is 27.7 Å². The first-order valence-electron chi connectivity index (χ1n) is 8.14. The molecule has 0 aromatic rings. The van der Waals surface area contributed by atoms with Crippen LogP contribution in [0.5, 0.6) is 0 Å². The zero-order chi connectivity index (χ0) is 16.4. The molecular formula is C15H33IN4O2S. The largest absolute Gasteiger partial charge is 0.379 e. The second kappa shape index (κ2) is 12.4. The molecule has 1 saturated heterocycles. The van der Waals surface area contributed by atoms with Crippen molar-refractivity contribution in [2.24, 2.45) is 4.99 Å². The van der Waals surface area contributed by atoms with Crippen LogP contribution >= 0.6 is 24.0 Å². The highest BCUT2D eigenvalue weighted by Gasteiger charge is 2.18. The summed E-state index contributed by atoms with van der Waals surface area (Å²) in [4.78, 5) is 6.95. The molecule has 8 heteroatoms. The molecule has 0 radical (unpaired) electrons. The Morgan fingerprint density at radius 1 is 1.26 bits per heavy atom. The third-order valence-corrected chi connectivity index (χ3v) is 5.34. The Kier molecular flexibility index (Phi) is 12.5. The quantitative estimate of drug-likeness (QED) is 0.338. The second-order valence-corrected chi connectivity index (χ2v) is 8.63. The predicted octanol–water partition coefficient (Wildman–Crippen LogP) is 1.04. The molecule has 23 heavy (non-hydrogen) atoms. The first kappa shape index (κ1) is 23.1. The fraction of sp³-hybridized carbons (Fsp3) is 0.933. The fourth-order valence-corrected chi connectivity index (χ4v) is 2.94. The topological polar surface area (TPSA) is 66.0 Å². The summed E-state index contributed by atoms with van der Waals surface area (Å²) in [6.45, 7) is 14.9. The fourth-order valence-electron chi connectivity index (χ4n) is 2.04. The summed E-state index contributed by atoms with van der Waals surface area (Å²) in [6, 6.07) is 0. The number of halogens is 1. The average molecular weight is 460 g/mol. The molecule has 6 nitrogen and oxygen atoms in total. The number of nitrogens with zero attached hydrogens (tertiary/aromatic N) is 2. The van der Waals surface area contributed by atoms with Crippen LogP contribution in [0.1, 0.15) is 27.7 Å². The number of hydrogen-bond acceptors (Lipinski definition) is 4. The molecule has 1 rings (SSSR count). The van der Waals surface area contributed by atoms with Gasteiger partial charge in [0.2, 0.25) is 0 Å². The van der Waals surface area contributed by atoms with Gasteiger partial charge in [0, 0.05) is 54.0 Å². The maximum Gasteiger partial charge on any atom is 0.191 e. The summed E-state index contributed by atoms with van der Waals surface area (Å²) in [5, 5.41) is 6.49. The van der Waals surface area contributed by atoms with E-state index in [0.29, 0.717) is 12.3 Å². The van der Waals surface area contributed by atoms with E-state index in [4.69, 9.17) is 4.74 Å². The van der Waals surface area contributed by atoms with Crippen molar-refractivity contribution in [3.8, 4) is 0 Å². The van der Waals surface area contributed by atoms with Gasteiger partial charge in [-0.25, -0.2) is 0 Å². The van der Waals surface area contributed by atoms with Gasteiger partial charge in [0.1, 0.15) is 0 Å². The van der Waals surface area contributed by atoms with Gasteiger partial charge >= 0.3 is 0 Å². The van der Waals surface area contributed by atoms with Crippen molar-refractivity contribution in [1.29, 1.82) is 0 Å². The van der Waals surface area contributed by atoms with E-state index in [1.807, 2.05) is 27.7 Å².